The molecule has 1 rings (SSSR count). The van der Waals surface area contributed by atoms with Gasteiger partial charge in [-0.1, -0.05) is 0 Å². The van der Waals surface area contributed by atoms with Crippen LogP contribution in [0.5, 0.6) is 0 Å². The van der Waals surface area contributed by atoms with E-state index in [1.807, 2.05) is 7.05 Å². The summed E-state index contributed by atoms with van der Waals surface area (Å²) < 4.78 is 5.00. The van der Waals surface area contributed by atoms with Crippen molar-refractivity contribution in [1.82, 2.24) is 5.32 Å². The molecule has 0 aromatic rings. The molecule has 0 bridgehead atoms. The normalized spacial score (nSPS) is 32.6. The van der Waals surface area contributed by atoms with E-state index in [1.54, 1.807) is 0 Å². The lowest BCUT2D eigenvalue weighted by atomic mass is 10.3. The molecule has 1 fully saturated rings. The molecule has 1 aliphatic rings. The van der Waals surface area contributed by atoms with Crippen molar-refractivity contribution in [2.24, 2.45) is 0 Å². The molecule has 7 heavy (non-hydrogen) atoms. The molecule has 1 aliphatic heterocycles. The second-order valence-electron chi connectivity index (χ2n) is 1.95. The highest BCUT2D eigenvalue weighted by Crippen LogP contribution is 2.12. The number of nitrogens with one attached hydrogen (secondary N) is 1. The van der Waals surface area contributed by atoms with E-state index in [4.69, 9.17) is 4.74 Å². The van der Waals surface area contributed by atoms with Crippen molar-refractivity contribution < 1.29 is 4.74 Å². The molecule has 0 aliphatic carbocycles. The molecule has 0 spiro atoms. The molecule has 0 amide bonds. The quantitative estimate of drug-likeness (QED) is 0.495. The van der Waals surface area contributed by atoms with Crippen molar-refractivity contribution in [2.75, 3.05) is 13.7 Å². The second kappa shape index (κ2) is 1.80. The van der Waals surface area contributed by atoms with Crippen LogP contribution in [0.2, 0.25) is 0 Å². The molecule has 2 atom stereocenters. The monoisotopic (exact) mass is 101 g/mol. The molecule has 0 radical (unpaired) electrons. The molecule has 0 aromatic carbocycles. The topological polar surface area (TPSA) is 24.6 Å². The van der Waals surface area contributed by atoms with Crippen LogP contribution in [0.4, 0.5) is 0 Å². The molecule has 2 heteroatoms. The first kappa shape index (κ1) is 5.06. The molecule has 2 unspecified atom stereocenters. The lowest BCUT2D eigenvalue weighted by molar-refractivity contribution is 0.362. The van der Waals surface area contributed by atoms with Crippen molar-refractivity contribution in [3.63, 3.8) is 0 Å². The van der Waals surface area contributed by atoms with E-state index in [0.717, 1.165) is 6.61 Å². The summed E-state index contributed by atoms with van der Waals surface area (Å²) in [6, 6.07) is 0.542. The molecule has 1 saturated heterocycles. The first-order valence-corrected chi connectivity index (χ1v) is 2.63. The summed E-state index contributed by atoms with van der Waals surface area (Å²) in [5.74, 6) is 0. The summed E-state index contributed by atoms with van der Waals surface area (Å²) >= 11 is 0. The largest absolute Gasteiger partial charge is 0.371 e. The Balaban J connectivity index is 2.10. The maximum absolute atomic E-state index is 5.00. The van der Waals surface area contributed by atoms with Crippen LogP contribution in [-0.4, -0.2) is 25.8 Å². The van der Waals surface area contributed by atoms with Gasteiger partial charge in [0.25, 0.3) is 0 Å². The lowest BCUT2D eigenvalue weighted by Crippen LogP contribution is -2.26. The van der Waals surface area contributed by atoms with Crippen LogP contribution < -0.4 is 5.32 Å². The minimum absolute atomic E-state index is 0.505. The maximum Gasteiger partial charge on any atom is 0.0959 e. The van der Waals surface area contributed by atoms with Gasteiger partial charge in [0.2, 0.25) is 0 Å². The van der Waals surface area contributed by atoms with Crippen LogP contribution in [0.25, 0.3) is 0 Å². The summed E-state index contributed by atoms with van der Waals surface area (Å²) in [6.07, 6.45) is 0.505. The number of rotatable bonds is 2. The molecular formula is C5H11NO. The van der Waals surface area contributed by atoms with Gasteiger partial charge in [-0.3, -0.25) is 0 Å². The fourth-order valence-corrected chi connectivity index (χ4v) is 0.530. The highest BCUT2D eigenvalue weighted by atomic mass is 16.6. The standard InChI is InChI=1S/C5H11NO/c1-4(6-2)5-3-7-5/h4-6H,3H2,1-2H3. The number of hydrogen-bond donors (Lipinski definition) is 1. The van der Waals surface area contributed by atoms with Crippen molar-refractivity contribution in [1.29, 1.82) is 0 Å². The third kappa shape index (κ3) is 1.14. The first-order valence-electron chi connectivity index (χ1n) is 2.63. The molecule has 42 valence electrons. The minimum atomic E-state index is 0.505. The van der Waals surface area contributed by atoms with E-state index in [1.165, 1.54) is 0 Å². The average Bonchev–Trinajstić information content (AvgIpc) is 2.44. The average molecular weight is 101 g/mol. The van der Waals surface area contributed by atoms with Gasteiger partial charge >= 0.3 is 0 Å². The summed E-state index contributed by atoms with van der Waals surface area (Å²) in [7, 11) is 1.95. The Morgan fingerprint density at radius 1 is 1.86 bits per heavy atom. The van der Waals surface area contributed by atoms with E-state index >= 15 is 0 Å². The Labute approximate surface area is 43.9 Å². The maximum atomic E-state index is 5.00. The fraction of sp³-hybridized carbons (Fsp3) is 1.00. The van der Waals surface area contributed by atoms with Gasteiger partial charge in [-0.25, -0.2) is 0 Å². The van der Waals surface area contributed by atoms with Crippen molar-refractivity contribution in [3.05, 3.63) is 0 Å². The fourth-order valence-electron chi connectivity index (χ4n) is 0.530. The number of ether oxygens (including phenoxy) is 1. The highest BCUT2D eigenvalue weighted by molar-refractivity contribution is 4.79. The van der Waals surface area contributed by atoms with Gasteiger partial charge in [0.15, 0.2) is 0 Å². The van der Waals surface area contributed by atoms with E-state index in [2.05, 4.69) is 12.2 Å². The van der Waals surface area contributed by atoms with Crippen LogP contribution in [-0.2, 0) is 4.74 Å². The van der Waals surface area contributed by atoms with E-state index in [-0.39, 0.29) is 0 Å². The predicted octanol–water partition coefficient (Wildman–Crippen LogP) is -0.00690. The highest BCUT2D eigenvalue weighted by Gasteiger charge is 2.27. The lowest BCUT2D eigenvalue weighted by Gasteiger charge is -2.02. The van der Waals surface area contributed by atoms with Gasteiger partial charge < -0.3 is 10.1 Å². The van der Waals surface area contributed by atoms with Gasteiger partial charge in [0, 0.05) is 6.04 Å². The zero-order valence-electron chi connectivity index (χ0n) is 4.77. The van der Waals surface area contributed by atoms with Gasteiger partial charge in [-0.2, -0.15) is 0 Å². The van der Waals surface area contributed by atoms with E-state index in [0.29, 0.717) is 12.1 Å². The summed E-state index contributed by atoms with van der Waals surface area (Å²) in [5, 5.41) is 3.10. The van der Waals surface area contributed by atoms with Crippen LogP contribution in [0.15, 0.2) is 0 Å². The predicted molar refractivity (Wildman–Crippen MR) is 28.3 cm³/mol. The number of hydrogen-bond acceptors (Lipinski definition) is 2. The Hall–Kier alpha value is -0.0800. The zero-order chi connectivity index (χ0) is 5.28. The SMILES string of the molecule is CNC(C)C1CO1. The Morgan fingerprint density at radius 2 is 2.43 bits per heavy atom. The molecular weight excluding hydrogens is 90.1 g/mol. The van der Waals surface area contributed by atoms with Crippen LogP contribution in [0, 0.1) is 0 Å². The zero-order valence-corrected chi connectivity index (χ0v) is 4.77. The van der Waals surface area contributed by atoms with Gasteiger partial charge in [0.1, 0.15) is 0 Å². The van der Waals surface area contributed by atoms with Crippen molar-refractivity contribution in [2.45, 2.75) is 19.1 Å². The second-order valence-corrected chi connectivity index (χ2v) is 1.95. The Kier molecular flexibility index (Phi) is 1.30. The first-order chi connectivity index (χ1) is 3.34. The van der Waals surface area contributed by atoms with E-state index < -0.39 is 0 Å². The molecule has 1 N–H and O–H groups in total. The van der Waals surface area contributed by atoms with Crippen LogP contribution in [0.3, 0.4) is 0 Å². The number of likely N-dealkylation sites (N-methyl/N-ethyl adjacent to an activating group) is 1. The van der Waals surface area contributed by atoms with Crippen LogP contribution in [0.1, 0.15) is 6.92 Å². The smallest absolute Gasteiger partial charge is 0.0959 e. The molecule has 2 nitrogen and oxygen atoms in total. The minimum Gasteiger partial charge on any atom is -0.371 e. The van der Waals surface area contributed by atoms with E-state index in [9.17, 15) is 0 Å². The Morgan fingerprint density at radius 3 is 2.57 bits per heavy atom. The van der Waals surface area contributed by atoms with Gasteiger partial charge in [-0.05, 0) is 14.0 Å². The molecule has 1 heterocycles. The summed E-state index contributed by atoms with van der Waals surface area (Å²) in [5.41, 5.74) is 0. The van der Waals surface area contributed by atoms with Crippen molar-refractivity contribution in [3.8, 4) is 0 Å². The van der Waals surface area contributed by atoms with Gasteiger partial charge in [0.05, 0.1) is 12.7 Å². The third-order valence-electron chi connectivity index (χ3n) is 1.37. The van der Waals surface area contributed by atoms with Gasteiger partial charge in [-0.15, -0.1) is 0 Å². The molecule has 0 aromatic heterocycles. The summed E-state index contributed by atoms with van der Waals surface area (Å²) in [4.78, 5) is 0. The third-order valence-corrected chi connectivity index (χ3v) is 1.37. The molecule has 0 saturated carbocycles. The Bertz CT molecular complexity index is 61.1. The summed E-state index contributed by atoms with van der Waals surface area (Å²) in [6.45, 7) is 3.07. The van der Waals surface area contributed by atoms with Crippen LogP contribution >= 0.6 is 0 Å². The number of epoxide rings is 1. The van der Waals surface area contributed by atoms with Crippen molar-refractivity contribution >= 4 is 0 Å².